The summed E-state index contributed by atoms with van der Waals surface area (Å²) in [6.45, 7) is 4.27. The molecule has 3 aromatic rings. The van der Waals surface area contributed by atoms with Crippen LogP contribution >= 0.6 is 0 Å². The van der Waals surface area contributed by atoms with Gasteiger partial charge in [0.15, 0.2) is 5.78 Å². The average molecular weight is 357 g/mol. The zero-order valence-electron chi connectivity index (χ0n) is 15.6. The first kappa shape index (κ1) is 18.5. The first-order chi connectivity index (χ1) is 13.1. The van der Waals surface area contributed by atoms with Crippen LogP contribution in [0.3, 0.4) is 0 Å². The second-order valence-corrected chi connectivity index (χ2v) is 6.56. The summed E-state index contributed by atoms with van der Waals surface area (Å²) in [5.74, 6) is 1.99. The number of carbonyl (C=O) groups is 1. The lowest BCUT2D eigenvalue weighted by Crippen LogP contribution is -1.97. The van der Waals surface area contributed by atoms with E-state index in [0.717, 1.165) is 17.2 Å². The fourth-order valence-electron chi connectivity index (χ4n) is 2.59. The quantitative estimate of drug-likeness (QED) is 0.392. The smallest absolute Gasteiger partial charge is 0.187 e. The molecular weight excluding hydrogens is 334 g/mol. The number of carbonyl (C=O) groups excluding carboxylic acids is 1. The molecule has 3 heteroatoms. The van der Waals surface area contributed by atoms with Crippen molar-refractivity contribution >= 4 is 11.5 Å². The molecule has 0 aliphatic rings. The van der Waals surface area contributed by atoms with Crippen molar-refractivity contribution in [2.45, 2.75) is 19.8 Å². The maximum absolute atomic E-state index is 12.2. The van der Waals surface area contributed by atoms with E-state index in [0.29, 0.717) is 11.5 Å². The van der Waals surface area contributed by atoms with Crippen LogP contribution < -0.4 is 10.1 Å². The number of allylic oxidation sites excluding steroid dienone is 1. The van der Waals surface area contributed by atoms with Crippen LogP contribution in [0.25, 0.3) is 0 Å². The van der Waals surface area contributed by atoms with Gasteiger partial charge in [-0.15, -0.1) is 0 Å². The standard InChI is InChI=1S/C24H23NO2/c1-18(2)19-8-10-20(11-9-19)24(26)16-17-25-21-12-14-23(15-13-21)27-22-6-4-3-5-7-22/h3-18,25H,1-2H3/b17-16+. The average Bonchev–Trinajstić information content (AvgIpc) is 2.70. The molecule has 0 unspecified atom stereocenters. The third-order valence-electron chi connectivity index (χ3n) is 4.18. The Morgan fingerprint density at radius 2 is 1.48 bits per heavy atom. The van der Waals surface area contributed by atoms with Gasteiger partial charge in [0.25, 0.3) is 0 Å². The summed E-state index contributed by atoms with van der Waals surface area (Å²) < 4.78 is 5.76. The Labute approximate surface area is 160 Å². The predicted octanol–water partition coefficient (Wildman–Crippen LogP) is 6.41. The molecule has 0 saturated heterocycles. The Kier molecular flexibility index (Phi) is 6.06. The van der Waals surface area contributed by atoms with Crippen molar-refractivity contribution in [3.05, 3.63) is 102 Å². The van der Waals surface area contributed by atoms with Crippen molar-refractivity contribution in [1.82, 2.24) is 0 Å². The molecule has 0 fully saturated rings. The number of hydrogen-bond acceptors (Lipinski definition) is 3. The van der Waals surface area contributed by atoms with E-state index >= 15 is 0 Å². The lowest BCUT2D eigenvalue weighted by atomic mass is 10.0. The Bertz CT molecular complexity index is 895. The van der Waals surface area contributed by atoms with Crippen molar-refractivity contribution in [3.8, 4) is 11.5 Å². The lowest BCUT2D eigenvalue weighted by Gasteiger charge is -2.07. The van der Waals surface area contributed by atoms with Crippen molar-refractivity contribution in [2.24, 2.45) is 0 Å². The molecule has 0 atom stereocenters. The summed E-state index contributed by atoms with van der Waals surface area (Å²) >= 11 is 0. The van der Waals surface area contributed by atoms with Gasteiger partial charge in [0.1, 0.15) is 11.5 Å². The van der Waals surface area contributed by atoms with Crippen LogP contribution in [0.1, 0.15) is 35.7 Å². The summed E-state index contributed by atoms with van der Waals surface area (Å²) in [5.41, 5.74) is 2.80. The minimum Gasteiger partial charge on any atom is -0.457 e. The van der Waals surface area contributed by atoms with Gasteiger partial charge in [0.05, 0.1) is 0 Å². The third-order valence-corrected chi connectivity index (χ3v) is 4.18. The highest BCUT2D eigenvalue weighted by Gasteiger charge is 2.03. The highest BCUT2D eigenvalue weighted by atomic mass is 16.5. The molecule has 27 heavy (non-hydrogen) atoms. The van der Waals surface area contributed by atoms with E-state index in [1.165, 1.54) is 5.56 Å². The molecule has 0 amide bonds. The number of anilines is 1. The van der Waals surface area contributed by atoms with Gasteiger partial charge < -0.3 is 10.1 Å². The van der Waals surface area contributed by atoms with Crippen LogP contribution in [0.5, 0.6) is 11.5 Å². The van der Waals surface area contributed by atoms with Crippen LogP contribution in [0.4, 0.5) is 5.69 Å². The van der Waals surface area contributed by atoms with E-state index in [1.807, 2.05) is 78.9 Å². The summed E-state index contributed by atoms with van der Waals surface area (Å²) in [5, 5.41) is 3.11. The van der Waals surface area contributed by atoms with E-state index in [9.17, 15) is 4.79 Å². The molecule has 0 aromatic heterocycles. The Hall–Kier alpha value is -3.33. The monoisotopic (exact) mass is 357 g/mol. The highest BCUT2D eigenvalue weighted by molar-refractivity contribution is 6.04. The molecule has 3 aromatic carbocycles. The highest BCUT2D eigenvalue weighted by Crippen LogP contribution is 2.22. The minimum atomic E-state index is -0.0261. The molecule has 1 N–H and O–H groups in total. The molecule has 3 nitrogen and oxygen atoms in total. The maximum Gasteiger partial charge on any atom is 0.187 e. The summed E-state index contributed by atoms with van der Waals surface area (Å²) in [7, 11) is 0. The summed E-state index contributed by atoms with van der Waals surface area (Å²) in [6.07, 6.45) is 3.20. The molecule has 0 heterocycles. The van der Waals surface area contributed by atoms with E-state index in [1.54, 1.807) is 12.3 Å². The SMILES string of the molecule is CC(C)c1ccc(C(=O)/C=C/Nc2ccc(Oc3ccccc3)cc2)cc1. The zero-order chi connectivity index (χ0) is 19.1. The second-order valence-electron chi connectivity index (χ2n) is 6.56. The Morgan fingerprint density at radius 3 is 2.11 bits per heavy atom. The number of nitrogens with one attached hydrogen (secondary N) is 1. The van der Waals surface area contributed by atoms with Crippen LogP contribution in [-0.2, 0) is 0 Å². The number of para-hydroxylation sites is 1. The molecule has 0 aliphatic carbocycles. The van der Waals surface area contributed by atoms with E-state index < -0.39 is 0 Å². The third kappa shape index (κ3) is 5.32. The topological polar surface area (TPSA) is 38.3 Å². The fraction of sp³-hybridized carbons (Fsp3) is 0.125. The van der Waals surface area contributed by atoms with E-state index in [2.05, 4.69) is 19.2 Å². The Balaban J connectivity index is 1.55. The molecule has 3 rings (SSSR count). The molecular formula is C24H23NO2. The van der Waals surface area contributed by atoms with Crippen molar-refractivity contribution in [1.29, 1.82) is 0 Å². The van der Waals surface area contributed by atoms with Crippen molar-refractivity contribution in [2.75, 3.05) is 5.32 Å². The molecule has 0 spiro atoms. The predicted molar refractivity (Wildman–Crippen MR) is 111 cm³/mol. The van der Waals surface area contributed by atoms with Gasteiger partial charge in [-0.3, -0.25) is 4.79 Å². The molecule has 136 valence electrons. The van der Waals surface area contributed by atoms with Gasteiger partial charge in [-0.05, 0) is 47.9 Å². The number of ketones is 1. The maximum atomic E-state index is 12.2. The molecule has 0 aliphatic heterocycles. The Morgan fingerprint density at radius 1 is 0.852 bits per heavy atom. The lowest BCUT2D eigenvalue weighted by molar-refractivity contribution is 0.104. The van der Waals surface area contributed by atoms with Crippen LogP contribution in [-0.4, -0.2) is 5.78 Å². The number of rotatable bonds is 7. The van der Waals surface area contributed by atoms with Gasteiger partial charge in [0.2, 0.25) is 0 Å². The normalized spacial score (nSPS) is 10.9. The number of ether oxygens (including phenoxy) is 1. The first-order valence-corrected chi connectivity index (χ1v) is 9.02. The van der Waals surface area contributed by atoms with Gasteiger partial charge in [0, 0.05) is 23.5 Å². The van der Waals surface area contributed by atoms with E-state index in [-0.39, 0.29) is 5.78 Å². The van der Waals surface area contributed by atoms with E-state index in [4.69, 9.17) is 4.74 Å². The first-order valence-electron chi connectivity index (χ1n) is 9.02. The zero-order valence-corrected chi connectivity index (χ0v) is 15.6. The second kappa shape index (κ2) is 8.86. The van der Waals surface area contributed by atoms with Gasteiger partial charge in [-0.1, -0.05) is 56.3 Å². The van der Waals surface area contributed by atoms with Gasteiger partial charge in [-0.2, -0.15) is 0 Å². The summed E-state index contributed by atoms with van der Waals surface area (Å²) in [6, 6.07) is 25.0. The minimum absolute atomic E-state index is 0.0261. The van der Waals surface area contributed by atoms with Crippen LogP contribution in [0, 0.1) is 0 Å². The number of hydrogen-bond donors (Lipinski definition) is 1. The number of benzene rings is 3. The molecule has 0 saturated carbocycles. The van der Waals surface area contributed by atoms with Gasteiger partial charge in [-0.25, -0.2) is 0 Å². The fourth-order valence-corrected chi connectivity index (χ4v) is 2.59. The molecule has 0 radical (unpaired) electrons. The van der Waals surface area contributed by atoms with Crippen LogP contribution in [0.15, 0.2) is 91.1 Å². The van der Waals surface area contributed by atoms with Crippen molar-refractivity contribution < 1.29 is 9.53 Å². The summed E-state index contributed by atoms with van der Waals surface area (Å²) in [4.78, 5) is 12.2. The van der Waals surface area contributed by atoms with Gasteiger partial charge >= 0.3 is 0 Å². The van der Waals surface area contributed by atoms with Crippen LogP contribution in [0.2, 0.25) is 0 Å². The largest absolute Gasteiger partial charge is 0.457 e. The van der Waals surface area contributed by atoms with Crippen molar-refractivity contribution in [3.63, 3.8) is 0 Å². The molecule has 0 bridgehead atoms.